The molecule has 0 aliphatic heterocycles. The van der Waals surface area contributed by atoms with E-state index < -0.39 is 0 Å². The second kappa shape index (κ2) is 5.86. The summed E-state index contributed by atoms with van der Waals surface area (Å²) >= 11 is 2.73. The van der Waals surface area contributed by atoms with E-state index in [2.05, 4.69) is 24.4 Å². The average Bonchev–Trinajstić information content (AvgIpc) is 3.32. The Morgan fingerprint density at radius 2 is 2.13 bits per heavy atom. The minimum atomic E-state index is -0.176. The van der Waals surface area contributed by atoms with Gasteiger partial charge in [-0.05, 0) is 29.6 Å². The second-order valence-corrected chi connectivity index (χ2v) is 6.09. The van der Waals surface area contributed by atoms with Gasteiger partial charge < -0.3 is 5.32 Å². The first-order valence-electron chi connectivity index (χ1n) is 6.74. The van der Waals surface area contributed by atoms with Crippen molar-refractivity contribution < 1.29 is 4.79 Å². The molecule has 0 unspecified atom stereocenters. The summed E-state index contributed by atoms with van der Waals surface area (Å²) in [7, 11) is 0. The first kappa shape index (κ1) is 14.0. The number of nitrogens with one attached hydrogen (secondary N) is 1. The van der Waals surface area contributed by atoms with Gasteiger partial charge in [0.2, 0.25) is 0 Å². The van der Waals surface area contributed by atoms with E-state index in [4.69, 9.17) is 0 Å². The van der Waals surface area contributed by atoms with Gasteiger partial charge in [-0.25, -0.2) is 4.68 Å². The Kier molecular flexibility index (Phi) is 3.56. The lowest BCUT2D eigenvalue weighted by atomic mass is 10.2. The zero-order valence-electron chi connectivity index (χ0n) is 11.7. The molecule has 1 aromatic carbocycles. The first-order valence-corrected chi connectivity index (χ1v) is 8.41. The summed E-state index contributed by atoms with van der Waals surface area (Å²) in [6.45, 7) is 0.316. The molecule has 3 heterocycles. The van der Waals surface area contributed by atoms with Crippen LogP contribution in [-0.4, -0.2) is 29.6 Å². The molecule has 0 saturated carbocycles. The van der Waals surface area contributed by atoms with Crippen LogP contribution in [0.4, 0.5) is 0 Å². The summed E-state index contributed by atoms with van der Waals surface area (Å²) in [5, 5.41) is 14.9. The van der Waals surface area contributed by atoms with Crippen molar-refractivity contribution in [2.75, 3.05) is 0 Å². The first-order chi connectivity index (χ1) is 11.3. The molecule has 114 valence electrons. The SMILES string of the molecule is O=C(NCc1cn(-c2ccsc2)nn1)c1ccc2nsnc2c1. The summed E-state index contributed by atoms with van der Waals surface area (Å²) in [5.74, 6) is -0.176. The van der Waals surface area contributed by atoms with Crippen LogP contribution in [0, 0.1) is 0 Å². The summed E-state index contributed by atoms with van der Waals surface area (Å²) in [6, 6.07) is 7.22. The van der Waals surface area contributed by atoms with Gasteiger partial charge in [-0.3, -0.25) is 4.79 Å². The van der Waals surface area contributed by atoms with Crippen LogP contribution in [0.25, 0.3) is 16.7 Å². The van der Waals surface area contributed by atoms with Crippen molar-refractivity contribution in [3.05, 3.63) is 52.5 Å². The van der Waals surface area contributed by atoms with Crippen LogP contribution >= 0.6 is 23.1 Å². The molecule has 23 heavy (non-hydrogen) atoms. The number of benzene rings is 1. The summed E-state index contributed by atoms with van der Waals surface area (Å²) in [5.41, 5.74) is 3.73. The molecule has 3 aromatic heterocycles. The number of fused-ring (bicyclic) bond motifs is 1. The number of carbonyl (C=O) groups is 1. The van der Waals surface area contributed by atoms with Crippen LogP contribution < -0.4 is 5.32 Å². The Bertz CT molecular complexity index is 959. The van der Waals surface area contributed by atoms with Crippen molar-refractivity contribution in [2.24, 2.45) is 0 Å². The zero-order chi connectivity index (χ0) is 15.6. The van der Waals surface area contributed by atoms with Crippen molar-refractivity contribution in [3.8, 4) is 5.69 Å². The molecular formula is C14H10N6OS2. The maximum atomic E-state index is 12.2. The summed E-state index contributed by atoms with van der Waals surface area (Å²) < 4.78 is 9.94. The van der Waals surface area contributed by atoms with Crippen molar-refractivity contribution >= 4 is 40.0 Å². The molecule has 7 nitrogen and oxygen atoms in total. The number of hydrogen-bond donors (Lipinski definition) is 1. The van der Waals surface area contributed by atoms with Gasteiger partial charge in [-0.1, -0.05) is 5.21 Å². The normalized spacial score (nSPS) is 11.0. The predicted octanol–water partition coefficient (Wildman–Crippen LogP) is 2.26. The third-order valence-electron chi connectivity index (χ3n) is 3.26. The van der Waals surface area contributed by atoms with Gasteiger partial charge in [-0.15, -0.1) is 5.10 Å². The van der Waals surface area contributed by atoms with Crippen LogP contribution in [0.3, 0.4) is 0 Å². The standard InChI is InChI=1S/C14H10N6OS2/c21-14(9-1-2-12-13(5-9)18-23-17-12)15-6-10-7-20(19-16-10)11-3-4-22-8-11/h1-5,7-8H,6H2,(H,15,21). The van der Waals surface area contributed by atoms with Gasteiger partial charge in [0.15, 0.2) is 0 Å². The van der Waals surface area contributed by atoms with E-state index in [0.717, 1.165) is 28.4 Å². The number of amides is 1. The van der Waals surface area contributed by atoms with E-state index in [9.17, 15) is 4.79 Å². The number of carbonyl (C=O) groups excluding carboxylic acids is 1. The number of nitrogens with zero attached hydrogens (tertiary/aromatic N) is 5. The molecule has 0 fully saturated rings. The van der Waals surface area contributed by atoms with Crippen LogP contribution in [0.1, 0.15) is 16.1 Å². The topological polar surface area (TPSA) is 85.6 Å². The van der Waals surface area contributed by atoms with E-state index >= 15 is 0 Å². The fraction of sp³-hybridized carbons (Fsp3) is 0.0714. The highest BCUT2D eigenvalue weighted by Crippen LogP contribution is 2.14. The van der Waals surface area contributed by atoms with E-state index in [1.165, 1.54) is 0 Å². The van der Waals surface area contributed by atoms with Gasteiger partial charge in [0.05, 0.1) is 30.2 Å². The quantitative estimate of drug-likeness (QED) is 0.615. The molecule has 0 spiro atoms. The van der Waals surface area contributed by atoms with E-state index in [1.807, 2.05) is 16.8 Å². The van der Waals surface area contributed by atoms with Gasteiger partial charge in [0.25, 0.3) is 5.91 Å². The molecule has 0 bridgehead atoms. The average molecular weight is 342 g/mol. The molecule has 4 aromatic rings. The van der Waals surface area contributed by atoms with Crippen molar-refractivity contribution in [1.29, 1.82) is 0 Å². The molecule has 9 heteroatoms. The third-order valence-corrected chi connectivity index (χ3v) is 4.49. The Morgan fingerprint density at radius 1 is 1.22 bits per heavy atom. The molecule has 1 amide bonds. The Labute approximate surface area is 138 Å². The van der Waals surface area contributed by atoms with Crippen molar-refractivity contribution in [1.82, 2.24) is 29.1 Å². The van der Waals surface area contributed by atoms with Crippen molar-refractivity contribution in [2.45, 2.75) is 6.54 Å². The fourth-order valence-electron chi connectivity index (χ4n) is 2.09. The number of thiophene rings is 1. The maximum Gasteiger partial charge on any atom is 0.251 e. The number of hydrogen-bond acceptors (Lipinski definition) is 7. The van der Waals surface area contributed by atoms with Gasteiger partial charge >= 0.3 is 0 Å². The highest BCUT2D eigenvalue weighted by Gasteiger charge is 2.09. The molecule has 0 radical (unpaired) electrons. The smallest absolute Gasteiger partial charge is 0.251 e. The highest BCUT2D eigenvalue weighted by molar-refractivity contribution is 7.08. The minimum absolute atomic E-state index is 0.176. The van der Waals surface area contributed by atoms with Gasteiger partial charge in [0, 0.05) is 10.9 Å². The molecular weight excluding hydrogens is 332 g/mol. The van der Waals surface area contributed by atoms with E-state index in [0.29, 0.717) is 17.8 Å². The summed E-state index contributed by atoms with van der Waals surface area (Å²) in [4.78, 5) is 12.2. The van der Waals surface area contributed by atoms with Crippen LogP contribution in [0.5, 0.6) is 0 Å². The van der Waals surface area contributed by atoms with Gasteiger partial charge in [-0.2, -0.15) is 20.1 Å². The third kappa shape index (κ3) is 2.83. The van der Waals surface area contributed by atoms with Crippen LogP contribution in [-0.2, 0) is 6.54 Å². The number of aromatic nitrogens is 5. The largest absolute Gasteiger partial charge is 0.346 e. The maximum absolute atomic E-state index is 12.2. The highest BCUT2D eigenvalue weighted by atomic mass is 32.1. The monoisotopic (exact) mass is 342 g/mol. The lowest BCUT2D eigenvalue weighted by Crippen LogP contribution is -2.22. The van der Waals surface area contributed by atoms with Crippen molar-refractivity contribution in [3.63, 3.8) is 0 Å². The Balaban J connectivity index is 1.45. The molecule has 0 aliphatic rings. The minimum Gasteiger partial charge on any atom is -0.346 e. The second-order valence-electron chi connectivity index (χ2n) is 4.79. The predicted molar refractivity (Wildman–Crippen MR) is 87.8 cm³/mol. The van der Waals surface area contributed by atoms with E-state index in [-0.39, 0.29) is 5.91 Å². The van der Waals surface area contributed by atoms with E-state index in [1.54, 1.807) is 40.4 Å². The molecule has 0 aliphatic carbocycles. The number of rotatable bonds is 4. The Hall–Kier alpha value is -2.65. The molecule has 0 atom stereocenters. The molecule has 1 N–H and O–H groups in total. The summed E-state index contributed by atoms with van der Waals surface area (Å²) in [6.07, 6.45) is 1.80. The van der Waals surface area contributed by atoms with Crippen LogP contribution in [0.2, 0.25) is 0 Å². The zero-order valence-corrected chi connectivity index (χ0v) is 13.3. The molecule has 0 saturated heterocycles. The lowest BCUT2D eigenvalue weighted by molar-refractivity contribution is 0.0950. The fourth-order valence-corrected chi connectivity index (χ4v) is 3.23. The Morgan fingerprint density at radius 3 is 3.00 bits per heavy atom. The lowest BCUT2D eigenvalue weighted by Gasteiger charge is -2.02. The van der Waals surface area contributed by atoms with Gasteiger partial charge in [0.1, 0.15) is 16.7 Å². The van der Waals surface area contributed by atoms with Crippen LogP contribution in [0.15, 0.2) is 41.2 Å². The molecule has 4 rings (SSSR count).